The van der Waals surface area contributed by atoms with Crippen LogP contribution >= 0.6 is 0 Å². The van der Waals surface area contributed by atoms with Crippen LogP contribution in [-0.4, -0.2) is 18.2 Å². The van der Waals surface area contributed by atoms with E-state index in [0.717, 1.165) is 16.7 Å². The average molecular weight is 242 g/mol. The van der Waals surface area contributed by atoms with E-state index in [-0.39, 0.29) is 5.56 Å². The van der Waals surface area contributed by atoms with Gasteiger partial charge in [0.05, 0.1) is 12.7 Å². The Labute approximate surface area is 106 Å². The monoisotopic (exact) mass is 242 g/mol. The van der Waals surface area contributed by atoms with Gasteiger partial charge >= 0.3 is 5.97 Å². The van der Waals surface area contributed by atoms with Crippen LogP contribution in [0.4, 0.5) is 0 Å². The van der Waals surface area contributed by atoms with Gasteiger partial charge in [-0.25, -0.2) is 4.79 Å². The maximum atomic E-state index is 10.9. The predicted molar refractivity (Wildman–Crippen MR) is 70.1 cm³/mol. The molecule has 0 spiro atoms. The summed E-state index contributed by atoms with van der Waals surface area (Å²) in [4.78, 5) is 10.9. The van der Waals surface area contributed by atoms with Crippen LogP contribution in [-0.2, 0) is 0 Å². The van der Waals surface area contributed by atoms with Crippen molar-refractivity contribution in [1.82, 2.24) is 0 Å². The lowest BCUT2D eigenvalue weighted by molar-refractivity contribution is 0.0696. The fourth-order valence-electron chi connectivity index (χ4n) is 1.88. The molecule has 3 heteroatoms. The largest absolute Gasteiger partial charge is 0.496 e. The second kappa shape index (κ2) is 4.92. The van der Waals surface area contributed by atoms with Crippen LogP contribution in [0.2, 0.25) is 0 Å². The topological polar surface area (TPSA) is 46.5 Å². The quantitative estimate of drug-likeness (QED) is 0.897. The Kier molecular flexibility index (Phi) is 3.33. The smallest absolute Gasteiger partial charge is 0.335 e. The molecule has 0 bridgehead atoms. The highest BCUT2D eigenvalue weighted by atomic mass is 16.5. The molecule has 0 atom stereocenters. The van der Waals surface area contributed by atoms with Crippen molar-refractivity contribution < 1.29 is 14.6 Å². The van der Waals surface area contributed by atoms with Crippen LogP contribution in [0.25, 0.3) is 11.1 Å². The van der Waals surface area contributed by atoms with Crippen molar-refractivity contribution in [1.29, 1.82) is 0 Å². The summed E-state index contributed by atoms with van der Waals surface area (Å²) >= 11 is 0. The first-order valence-electron chi connectivity index (χ1n) is 5.60. The Balaban J connectivity index is 2.54. The molecule has 0 aromatic heterocycles. The minimum Gasteiger partial charge on any atom is -0.496 e. The van der Waals surface area contributed by atoms with Gasteiger partial charge in [0.25, 0.3) is 0 Å². The number of carboxylic acids is 1. The summed E-state index contributed by atoms with van der Waals surface area (Å²) in [6, 6.07) is 12.9. The summed E-state index contributed by atoms with van der Waals surface area (Å²) in [5, 5.41) is 8.95. The number of aryl methyl sites for hydroxylation is 1. The Morgan fingerprint density at radius 3 is 2.56 bits per heavy atom. The van der Waals surface area contributed by atoms with Gasteiger partial charge in [-0.15, -0.1) is 0 Å². The molecular formula is C15H14O3. The van der Waals surface area contributed by atoms with E-state index in [0.29, 0.717) is 5.75 Å². The normalized spacial score (nSPS) is 10.1. The fraction of sp³-hybridized carbons (Fsp3) is 0.133. The minimum atomic E-state index is -0.955. The molecule has 0 unspecified atom stereocenters. The second-order valence-electron chi connectivity index (χ2n) is 4.09. The van der Waals surface area contributed by atoms with E-state index in [1.165, 1.54) is 0 Å². The van der Waals surface area contributed by atoms with E-state index in [1.54, 1.807) is 25.3 Å². The van der Waals surface area contributed by atoms with Gasteiger partial charge in [0.1, 0.15) is 5.75 Å². The first-order chi connectivity index (χ1) is 8.61. The van der Waals surface area contributed by atoms with Crippen molar-refractivity contribution in [3.05, 3.63) is 53.6 Å². The van der Waals surface area contributed by atoms with Crippen LogP contribution in [0.1, 0.15) is 15.9 Å². The third-order valence-electron chi connectivity index (χ3n) is 2.78. The van der Waals surface area contributed by atoms with E-state index >= 15 is 0 Å². The molecule has 0 saturated heterocycles. The van der Waals surface area contributed by atoms with Gasteiger partial charge in [-0.1, -0.05) is 29.8 Å². The van der Waals surface area contributed by atoms with Crippen molar-refractivity contribution in [2.24, 2.45) is 0 Å². The van der Waals surface area contributed by atoms with Gasteiger partial charge in [0.15, 0.2) is 0 Å². The van der Waals surface area contributed by atoms with E-state index in [9.17, 15) is 4.79 Å². The van der Waals surface area contributed by atoms with Crippen molar-refractivity contribution in [2.45, 2.75) is 6.92 Å². The molecule has 0 aliphatic carbocycles. The Morgan fingerprint density at radius 2 is 1.94 bits per heavy atom. The lowest BCUT2D eigenvalue weighted by atomic mass is 10.0. The number of carboxylic acid groups (broad SMARTS) is 1. The van der Waals surface area contributed by atoms with E-state index in [1.807, 2.05) is 31.2 Å². The highest BCUT2D eigenvalue weighted by Gasteiger charge is 2.10. The van der Waals surface area contributed by atoms with Gasteiger partial charge in [0, 0.05) is 5.56 Å². The number of carbonyl (C=O) groups is 1. The van der Waals surface area contributed by atoms with Crippen LogP contribution in [0.15, 0.2) is 42.5 Å². The summed E-state index contributed by atoms with van der Waals surface area (Å²) in [7, 11) is 1.54. The summed E-state index contributed by atoms with van der Waals surface area (Å²) < 4.78 is 5.27. The molecule has 0 amide bonds. The third kappa shape index (κ3) is 2.35. The van der Waals surface area contributed by atoms with Crippen LogP contribution < -0.4 is 4.74 Å². The predicted octanol–water partition coefficient (Wildman–Crippen LogP) is 3.37. The number of hydrogen-bond donors (Lipinski definition) is 1. The van der Waals surface area contributed by atoms with E-state index < -0.39 is 5.97 Å². The molecule has 1 N–H and O–H groups in total. The number of aromatic carboxylic acids is 1. The molecule has 18 heavy (non-hydrogen) atoms. The molecule has 2 aromatic carbocycles. The molecule has 0 saturated carbocycles. The molecule has 0 heterocycles. The van der Waals surface area contributed by atoms with Crippen LogP contribution in [0.3, 0.4) is 0 Å². The lowest BCUT2D eigenvalue weighted by Gasteiger charge is -2.10. The number of hydrogen-bond acceptors (Lipinski definition) is 2. The fourth-order valence-corrected chi connectivity index (χ4v) is 1.88. The summed E-state index contributed by atoms with van der Waals surface area (Å²) in [6.07, 6.45) is 0. The average Bonchev–Trinajstić information content (AvgIpc) is 2.37. The molecule has 2 aromatic rings. The Bertz CT molecular complexity index is 588. The number of methoxy groups -OCH3 is 1. The summed E-state index contributed by atoms with van der Waals surface area (Å²) in [5.41, 5.74) is 3.29. The second-order valence-corrected chi connectivity index (χ2v) is 4.09. The first-order valence-corrected chi connectivity index (χ1v) is 5.60. The third-order valence-corrected chi connectivity index (χ3v) is 2.78. The Morgan fingerprint density at radius 1 is 1.17 bits per heavy atom. The van der Waals surface area contributed by atoms with E-state index in [2.05, 4.69) is 0 Å². The number of ether oxygens (including phenoxy) is 1. The molecule has 92 valence electrons. The highest BCUT2D eigenvalue weighted by Crippen LogP contribution is 2.31. The standard InChI is InChI=1S/C15H14O3/c1-10-4-3-5-11(8-10)13-7-6-12(15(16)17)9-14(13)18-2/h3-9H,1-2H3,(H,16,17). The minimum absolute atomic E-state index is 0.225. The summed E-state index contributed by atoms with van der Waals surface area (Å²) in [5.74, 6) is -0.385. The van der Waals surface area contributed by atoms with Crippen LogP contribution in [0.5, 0.6) is 5.75 Å². The zero-order valence-corrected chi connectivity index (χ0v) is 10.3. The van der Waals surface area contributed by atoms with Crippen molar-refractivity contribution >= 4 is 5.97 Å². The molecule has 3 nitrogen and oxygen atoms in total. The SMILES string of the molecule is COc1cc(C(=O)O)ccc1-c1cccc(C)c1. The van der Waals surface area contributed by atoms with Crippen molar-refractivity contribution in [3.63, 3.8) is 0 Å². The molecule has 2 rings (SSSR count). The molecule has 0 radical (unpaired) electrons. The van der Waals surface area contributed by atoms with Crippen molar-refractivity contribution in [2.75, 3.05) is 7.11 Å². The highest BCUT2D eigenvalue weighted by molar-refractivity contribution is 5.89. The maximum Gasteiger partial charge on any atom is 0.335 e. The summed E-state index contributed by atoms with van der Waals surface area (Å²) in [6.45, 7) is 2.02. The zero-order chi connectivity index (χ0) is 13.1. The zero-order valence-electron chi connectivity index (χ0n) is 10.3. The number of benzene rings is 2. The van der Waals surface area contributed by atoms with Crippen molar-refractivity contribution in [3.8, 4) is 16.9 Å². The lowest BCUT2D eigenvalue weighted by Crippen LogP contribution is -1.98. The maximum absolute atomic E-state index is 10.9. The van der Waals surface area contributed by atoms with E-state index in [4.69, 9.17) is 9.84 Å². The Hall–Kier alpha value is -2.29. The van der Waals surface area contributed by atoms with Gasteiger partial charge < -0.3 is 9.84 Å². The van der Waals surface area contributed by atoms with Gasteiger partial charge in [0.2, 0.25) is 0 Å². The van der Waals surface area contributed by atoms with Gasteiger partial charge in [-0.2, -0.15) is 0 Å². The molecule has 0 aliphatic heterocycles. The first kappa shape index (κ1) is 12.2. The van der Waals surface area contributed by atoms with Crippen LogP contribution in [0, 0.1) is 6.92 Å². The number of rotatable bonds is 3. The molecule has 0 fully saturated rings. The molecule has 0 aliphatic rings. The van der Waals surface area contributed by atoms with Gasteiger partial charge in [-0.3, -0.25) is 0 Å². The van der Waals surface area contributed by atoms with Gasteiger partial charge in [-0.05, 0) is 30.7 Å². The molecular weight excluding hydrogens is 228 g/mol.